The minimum absolute atomic E-state index is 0.0770. The molecule has 0 spiro atoms. The maximum absolute atomic E-state index is 13.8. The van der Waals surface area contributed by atoms with Gasteiger partial charge in [-0.25, -0.2) is 4.39 Å². The summed E-state index contributed by atoms with van der Waals surface area (Å²) < 4.78 is 13.8. The number of halogens is 2. The lowest BCUT2D eigenvalue weighted by Gasteiger charge is -2.10. The van der Waals surface area contributed by atoms with Gasteiger partial charge in [-0.1, -0.05) is 17.7 Å². The highest BCUT2D eigenvalue weighted by molar-refractivity contribution is 6.34. The Labute approximate surface area is 149 Å². The Balaban J connectivity index is 1.63. The number of benzene rings is 2. The van der Waals surface area contributed by atoms with E-state index in [2.05, 4.69) is 15.6 Å². The SMILES string of the molecule is O=C(Nc1ccc(NCc2ccncc2)cc1)c1c(F)cccc1Cl. The van der Waals surface area contributed by atoms with Crippen LogP contribution in [-0.4, -0.2) is 10.9 Å². The van der Waals surface area contributed by atoms with E-state index in [0.29, 0.717) is 12.2 Å². The summed E-state index contributed by atoms with van der Waals surface area (Å²) in [4.78, 5) is 16.2. The Hall–Kier alpha value is -2.92. The second-order valence-corrected chi connectivity index (χ2v) is 5.74. The molecule has 0 saturated carbocycles. The molecule has 0 unspecified atom stereocenters. The van der Waals surface area contributed by atoms with Gasteiger partial charge < -0.3 is 10.6 Å². The molecule has 25 heavy (non-hydrogen) atoms. The van der Waals surface area contributed by atoms with Crippen LogP contribution in [-0.2, 0) is 6.54 Å². The first-order valence-corrected chi connectivity index (χ1v) is 7.99. The number of anilines is 2. The molecule has 0 saturated heterocycles. The van der Waals surface area contributed by atoms with Crippen molar-refractivity contribution in [2.24, 2.45) is 0 Å². The minimum Gasteiger partial charge on any atom is -0.381 e. The number of nitrogens with zero attached hydrogens (tertiary/aromatic N) is 1. The molecule has 0 aliphatic heterocycles. The highest BCUT2D eigenvalue weighted by atomic mass is 35.5. The van der Waals surface area contributed by atoms with Gasteiger partial charge in [-0.2, -0.15) is 0 Å². The van der Waals surface area contributed by atoms with E-state index < -0.39 is 11.7 Å². The molecule has 1 heterocycles. The number of hydrogen-bond acceptors (Lipinski definition) is 3. The largest absolute Gasteiger partial charge is 0.381 e. The molecule has 0 atom stereocenters. The van der Waals surface area contributed by atoms with Crippen LogP contribution in [0, 0.1) is 5.82 Å². The maximum Gasteiger partial charge on any atom is 0.260 e. The van der Waals surface area contributed by atoms with Gasteiger partial charge in [0.05, 0.1) is 10.6 Å². The quantitative estimate of drug-likeness (QED) is 0.695. The highest BCUT2D eigenvalue weighted by Crippen LogP contribution is 2.21. The van der Waals surface area contributed by atoms with E-state index in [-0.39, 0.29) is 10.6 Å². The van der Waals surface area contributed by atoms with Crippen LogP contribution < -0.4 is 10.6 Å². The van der Waals surface area contributed by atoms with Crippen LogP contribution in [0.5, 0.6) is 0 Å². The lowest BCUT2D eigenvalue weighted by Crippen LogP contribution is -2.14. The first-order chi connectivity index (χ1) is 12.1. The van der Waals surface area contributed by atoms with Crippen molar-refractivity contribution in [1.29, 1.82) is 0 Å². The summed E-state index contributed by atoms with van der Waals surface area (Å²) >= 11 is 5.90. The maximum atomic E-state index is 13.8. The molecule has 0 bridgehead atoms. The van der Waals surface area contributed by atoms with Gasteiger partial charge >= 0.3 is 0 Å². The number of carbonyl (C=O) groups is 1. The third-order valence-electron chi connectivity index (χ3n) is 3.58. The molecule has 0 radical (unpaired) electrons. The fourth-order valence-electron chi connectivity index (χ4n) is 2.28. The van der Waals surface area contributed by atoms with E-state index in [0.717, 1.165) is 11.3 Å². The van der Waals surface area contributed by atoms with Crippen molar-refractivity contribution in [3.8, 4) is 0 Å². The molecular formula is C19H15ClFN3O. The number of rotatable bonds is 5. The molecule has 1 amide bonds. The number of amides is 1. The summed E-state index contributed by atoms with van der Waals surface area (Å²) in [7, 11) is 0. The minimum atomic E-state index is -0.652. The first kappa shape index (κ1) is 16.9. The predicted octanol–water partition coefficient (Wildman–Crippen LogP) is 4.74. The Morgan fingerprint density at radius 3 is 2.36 bits per heavy atom. The van der Waals surface area contributed by atoms with Gasteiger partial charge in [0.15, 0.2) is 0 Å². The fourth-order valence-corrected chi connectivity index (χ4v) is 2.53. The number of aromatic nitrogens is 1. The van der Waals surface area contributed by atoms with E-state index >= 15 is 0 Å². The van der Waals surface area contributed by atoms with Crippen LogP contribution in [0.25, 0.3) is 0 Å². The predicted molar refractivity (Wildman–Crippen MR) is 97.4 cm³/mol. The second kappa shape index (κ2) is 7.77. The molecule has 2 N–H and O–H groups in total. The zero-order valence-electron chi connectivity index (χ0n) is 13.2. The molecule has 6 heteroatoms. The van der Waals surface area contributed by atoms with Gasteiger partial charge in [0.1, 0.15) is 5.82 Å². The summed E-state index contributed by atoms with van der Waals surface area (Å²) in [5.41, 5.74) is 2.41. The zero-order valence-corrected chi connectivity index (χ0v) is 13.9. The van der Waals surface area contributed by atoms with E-state index in [1.165, 1.54) is 18.2 Å². The Kier molecular flexibility index (Phi) is 5.26. The zero-order chi connectivity index (χ0) is 17.6. The summed E-state index contributed by atoms with van der Waals surface area (Å²) in [6.45, 7) is 0.666. The molecule has 3 aromatic rings. The van der Waals surface area contributed by atoms with E-state index in [9.17, 15) is 9.18 Å². The molecule has 2 aromatic carbocycles. The standard InChI is InChI=1S/C19H15ClFN3O/c20-16-2-1-3-17(21)18(16)19(25)24-15-6-4-14(5-7-15)23-12-13-8-10-22-11-9-13/h1-11,23H,12H2,(H,24,25). The average molecular weight is 356 g/mol. The summed E-state index contributed by atoms with van der Waals surface area (Å²) in [6.07, 6.45) is 3.48. The Morgan fingerprint density at radius 2 is 1.68 bits per heavy atom. The van der Waals surface area contributed by atoms with Crippen LogP contribution in [0.15, 0.2) is 67.0 Å². The Bertz CT molecular complexity index is 849. The monoisotopic (exact) mass is 355 g/mol. The van der Waals surface area contributed by atoms with Gasteiger partial charge in [0.2, 0.25) is 0 Å². The highest BCUT2D eigenvalue weighted by Gasteiger charge is 2.15. The molecule has 3 rings (SSSR count). The van der Waals surface area contributed by atoms with Crippen molar-refractivity contribution >= 4 is 28.9 Å². The van der Waals surface area contributed by atoms with Crippen molar-refractivity contribution in [3.63, 3.8) is 0 Å². The van der Waals surface area contributed by atoms with Gasteiger partial charge in [0.25, 0.3) is 5.91 Å². The molecule has 0 aliphatic carbocycles. The number of pyridine rings is 1. The molecule has 0 fully saturated rings. The summed E-state index contributed by atoms with van der Waals surface area (Å²) in [5.74, 6) is -1.23. The summed E-state index contributed by atoms with van der Waals surface area (Å²) in [6, 6.07) is 15.1. The van der Waals surface area contributed by atoms with Crippen LogP contribution in [0.3, 0.4) is 0 Å². The number of carbonyl (C=O) groups excluding carboxylic acids is 1. The lowest BCUT2D eigenvalue weighted by molar-refractivity contribution is 0.102. The third kappa shape index (κ3) is 4.33. The smallest absolute Gasteiger partial charge is 0.260 e. The van der Waals surface area contributed by atoms with Gasteiger partial charge in [-0.05, 0) is 54.1 Å². The average Bonchev–Trinajstić information content (AvgIpc) is 2.62. The molecule has 4 nitrogen and oxygen atoms in total. The van der Waals surface area contributed by atoms with E-state index in [1.807, 2.05) is 24.3 Å². The van der Waals surface area contributed by atoms with Crippen LogP contribution in [0.2, 0.25) is 5.02 Å². The lowest BCUT2D eigenvalue weighted by atomic mass is 10.2. The second-order valence-electron chi connectivity index (χ2n) is 5.34. The number of hydrogen-bond donors (Lipinski definition) is 2. The third-order valence-corrected chi connectivity index (χ3v) is 3.89. The Morgan fingerprint density at radius 1 is 1.00 bits per heavy atom. The van der Waals surface area contributed by atoms with E-state index in [4.69, 9.17) is 11.6 Å². The van der Waals surface area contributed by atoms with Crippen LogP contribution >= 0.6 is 11.6 Å². The topological polar surface area (TPSA) is 54.0 Å². The van der Waals surface area contributed by atoms with Crippen molar-refractivity contribution in [2.45, 2.75) is 6.54 Å². The van der Waals surface area contributed by atoms with Crippen LogP contribution in [0.4, 0.5) is 15.8 Å². The summed E-state index contributed by atoms with van der Waals surface area (Å²) in [5, 5.41) is 5.99. The van der Waals surface area contributed by atoms with Gasteiger partial charge in [-0.3, -0.25) is 9.78 Å². The van der Waals surface area contributed by atoms with Crippen molar-refractivity contribution < 1.29 is 9.18 Å². The van der Waals surface area contributed by atoms with Crippen molar-refractivity contribution in [1.82, 2.24) is 4.98 Å². The van der Waals surface area contributed by atoms with Crippen molar-refractivity contribution in [2.75, 3.05) is 10.6 Å². The molecular weight excluding hydrogens is 341 g/mol. The number of nitrogens with one attached hydrogen (secondary N) is 2. The molecule has 1 aromatic heterocycles. The van der Waals surface area contributed by atoms with Gasteiger partial charge in [-0.15, -0.1) is 0 Å². The van der Waals surface area contributed by atoms with E-state index in [1.54, 1.807) is 24.5 Å². The normalized spacial score (nSPS) is 10.3. The fraction of sp³-hybridized carbons (Fsp3) is 0.0526. The van der Waals surface area contributed by atoms with Crippen molar-refractivity contribution in [3.05, 3.63) is 89.0 Å². The molecule has 0 aliphatic rings. The van der Waals surface area contributed by atoms with Crippen LogP contribution in [0.1, 0.15) is 15.9 Å². The van der Waals surface area contributed by atoms with Gasteiger partial charge in [0, 0.05) is 30.3 Å². The molecule has 126 valence electrons. The first-order valence-electron chi connectivity index (χ1n) is 7.61.